The second-order valence-electron chi connectivity index (χ2n) is 5.06. The van der Waals surface area contributed by atoms with E-state index in [1.165, 1.54) is 5.57 Å². The topological polar surface area (TPSA) is 18.5 Å². The van der Waals surface area contributed by atoms with Crippen molar-refractivity contribution in [3.63, 3.8) is 0 Å². The summed E-state index contributed by atoms with van der Waals surface area (Å²) in [6.45, 7) is 7.09. The molecule has 2 nitrogen and oxygen atoms in total. The first-order chi connectivity index (χ1) is 8.00. The Morgan fingerprint density at radius 2 is 1.65 bits per heavy atom. The molecule has 0 fully saturated rings. The Hall–Kier alpha value is -1.28. The Labute approximate surface area is 104 Å². The van der Waals surface area contributed by atoms with Crippen molar-refractivity contribution in [2.24, 2.45) is 5.41 Å². The van der Waals surface area contributed by atoms with Crippen LogP contribution in [0.2, 0.25) is 0 Å². The van der Waals surface area contributed by atoms with Crippen LogP contribution < -0.4 is 0 Å². The highest BCUT2D eigenvalue weighted by Gasteiger charge is 2.22. The van der Waals surface area contributed by atoms with Gasteiger partial charge in [0.1, 0.15) is 5.76 Å². The maximum Gasteiger partial charge on any atom is 0.128 e. The average molecular weight is 234 g/mol. The molecular weight excluding hydrogens is 212 g/mol. The second kappa shape index (κ2) is 5.87. The predicted molar refractivity (Wildman–Crippen MR) is 71.7 cm³/mol. The molecule has 0 aliphatic heterocycles. The van der Waals surface area contributed by atoms with E-state index in [1.54, 1.807) is 14.2 Å². The van der Waals surface area contributed by atoms with Crippen molar-refractivity contribution in [1.29, 1.82) is 0 Å². The van der Waals surface area contributed by atoms with Crippen molar-refractivity contribution in [2.45, 2.75) is 20.8 Å². The highest BCUT2D eigenvalue weighted by atomic mass is 16.5. The van der Waals surface area contributed by atoms with Crippen molar-refractivity contribution in [2.75, 3.05) is 20.8 Å². The van der Waals surface area contributed by atoms with Gasteiger partial charge in [-0.3, -0.25) is 0 Å². The Bertz CT molecular complexity index is 372. The van der Waals surface area contributed by atoms with Crippen LogP contribution in [0.25, 0.3) is 5.76 Å². The van der Waals surface area contributed by atoms with E-state index in [2.05, 4.69) is 32.9 Å². The van der Waals surface area contributed by atoms with E-state index in [9.17, 15) is 0 Å². The second-order valence-corrected chi connectivity index (χ2v) is 5.06. The first-order valence-electron chi connectivity index (χ1n) is 5.82. The van der Waals surface area contributed by atoms with Crippen molar-refractivity contribution < 1.29 is 9.47 Å². The zero-order valence-electron chi connectivity index (χ0n) is 11.4. The third kappa shape index (κ3) is 3.60. The van der Waals surface area contributed by atoms with Crippen LogP contribution in [-0.2, 0) is 9.47 Å². The summed E-state index contributed by atoms with van der Waals surface area (Å²) < 4.78 is 10.9. The van der Waals surface area contributed by atoms with E-state index in [1.807, 2.05) is 18.2 Å². The quantitative estimate of drug-likeness (QED) is 0.739. The van der Waals surface area contributed by atoms with Gasteiger partial charge in [-0.15, -0.1) is 0 Å². The average Bonchev–Trinajstić information content (AvgIpc) is 2.29. The molecule has 0 heterocycles. The van der Waals surface area contributed by atoms with Gasteiger partial charge in [-0.1, -0.05) is 51.1 Å². The molecule has 0 radical (unpaired) electrons. The zero-order chi connectivity index (χ0) is 12.9. The van der Waals surface area contributed by atoms with Gasteiger partial charge >= 0.3 is 0 Å². The van der Waals surface area contributed by atoms with Crippen LogP contribution in [0.15, 0.2) is 35.9 Å². The third-order valence-corrected chi connectivity index (χ3v) is 2.71. The number of methoxy groups -OCH3 is 2. The number of hydrogen-bond acceptors (Lipinski definition) is 2. The predicted octanol–water partition coefficient (Wildman–Crippen LogP) is 3.74. The van der Waals surface area contributed by atoms with Gasteiger partial charge in [0.05, 0.1) is 13.7 Å². The van der Waals surface area contributed by atoms with E-state index < -0.39 is 0 Å². The Morgan fingerprint density at radius 3 is 2.06 bits per heavy atom. The van der Waals surface area contributed by atoms with E-state index in [0.717, 1.165) is 11.3 Å². The molecule has 0 saturated heterocycles. The lowest BCUT2D eigenvalue weighted by atomic mass is 9.84. The molecule has 17 heavy (non-hydrogen) atoms. The van der Waals surface area contributed by atoms with Crippen molar-refractivity contribution in [1.82, 2.24) is 0 Å². The van der Waals surface area contributed by atoms with Gasteiger partial charge in [-0.2, -0.15) is 0 Å². The number of rotatable bonds is 4. The van der Waals surface area contributed by atoms with Crippen LogP contribution in [-0.4, -0.2) is 20.8 Å². The largest absolute Gasteiger partial charge is 0.496 e. The molecule has 2 heteroatoms. The molecule has 0 saturated carbocycles. The summed E-state index contributed by atoms with van der Waals surface area (Å²) in [6.07, 6.45) is 0. The van der Waals surface area contributed by atoms with Gasteiger partial charge in [0, 0.05) is 18.2 Å². The molecule has 1 aromatic rings. The summed E-state index contributed by atoms with van der Waals surface area (Å²) in [7, 11) is 3.42. The highest BCUT2D eigenvalue weighted by molar-refractivity contribution is 5.64. The van der Waals surface area contributed by atoms with Crippen molar-refractivity contribution in [3.05, 3.63) is 41.5 Å². The van der Waals surface area contributed by atoms with Gasteiger partial charge < -0.3 is 9.47 Å². The van der Waals surface area contributed by atoms with E-state index in [-0.39, 0.29) is 5.41 Å². The smallest absolute Gasteiger partial charge is 0.128 e. The minimum Gasteiger partial charge on any atom is -0.496 e. The van der Waals surface area contributed by atoms with Crippen LogP contribution in [0.3, 0.4) is 0 Å². The summed E-state index contributed by atoms with van der Waals surface area (Å²) in [5, 5.41) is 0. The summed E-state index contributed by atoms with van der Waals surface area (Å²) in [5.74, 6) is 0.917. The van der Waals surface area contributed by atoms with Gasteiger partial charge in [-0.05, 0) is 5.41 Å². The third-order valence-electron chi connectivity index (χ3n) is 2.71. The molecule has 0 aliphatic rings. The minimum atomic E-state index is 0.0250. The van der Waals surface area contributed by atoms with Crippen molar-refractivity contribution >= 4 is 5.76 Å². The molecule has 0 spiro atoms. The lowest BCUT2D eigenvalue weighted by Crippen LogP contribution is -2.17. The van der Waals surface area contributed by atoms with Gasteiger partial charge in [0.2, 0.25) is 0 Å². The summed E-state index contributed by atoms with van der Waals surface area (Å²) in [4.78, 5) is 0. The Kier molecular flexibility index (Phi) is 4.76. The number of ether oxygens (including phenoxy) is 2. The van der Waals surface area contributed by atoms with Crippen LogP contribution in [0.5, 0.6) is 0 Å². The van der Waals surface area contributed by atoms with Crippen LogP contribution in [0.1, 0.15) is 26.3 Å². The molecule has 0 amide bonds. The molecule has 0 N–H and O–H groups in total. The Morgan fingerprint density at radius 1 is 1.06 bits per heavy atom. The van der Waals surface area contributed by atoms with E-state index in [0.29, 0.717) is 6.61 Å². The summed E-state index contributed by atoms with van der Waals surface area (Å²) >= 11 is 0. The summed E-state index contributed by atoms with van der Waals surface area (Å²) in [5.41, 5.74) is 2.29. The molecule has 94 valence electrons. The van der Waals surface area contributed by atoms with Gasteiger partial charge in [0.25, 0.3) is 0 Å². The zero-order valence-corrected chi connectivity index (χ0v) is 11.4. The molecular formula is C15H22O2. The first kappa shape index (κ1) is 13.8. The molecule has 0 bridgehead atoms. The van der Waals surface area contributed by atoms with Gasteiger partial charge in [0.15, 0.2) is 0 Å². The number of hydrogen-bond donors (Lipinski definition) is 0. The molecule has 1 aromatic carbocycles. The molecule has 1 rings (SSSR count). The van der Waals surface area contributed by atoms with E-state index in [4.69, 9.17) is 9.47 Å². The normalized spacial score (nSPS) is 13.2. The minimum absolute atomic E-state index is 0.0250. The van der Waals surface area contributed by atoms with Crippen molar-refractivity contribution in [3.8, 4) is 0 Å². The SMILES string of the molecule is COC/C(=C(\OC)c1ccccc1)C(C)(C)C. The van der Waals surface area contributed by atoms with Crippen LogP contribution >= 0.6 is 0 Å². The van der Waals surface area contributed by atoms with Crippen LogP contribution in [0.4, 0.5) is 0 Å². The standard InChI is InChI=1S/C15H22O2/c1-15(2,3)13(11-16-4)14(17-5)12-9-7-6-8-10-12/h6-10H,11H2,1-5H3/b14-13+. The highest BCUT2D eigenvalue weighted by Crippen LogP contribution is 2.32. The lowest BCUT2D eigenvalue weighted by molar-refractivity contribution is 0.203. The molecule has 0 aromatic heterocycles. The van der Waals surface area contributed by atoms with E-state index >= 15 is 0 Å². The fraction of sp³-hybridized carbons (Fsp3) is 0.467. The van der Waals surface area contributed by atoms with Crippen LogP contribution in [0, 0.1) is 5.41 Å². The fourth-order valence-corrected chi connectivity index (χ4v) is 1.77. The fourth-order valence-electron chi connectivity index (χ4n) is 1.77. The summed E-state index contributed by atoms with van der Waals surface area (Å²) in [6, 6.07) is 10.1. The first-order valence-corrected chi connectivity index (χ1v) is 5.82. The monoisotopic (exact) mass is 234 g/mol. The maximum atomic E-state index is 5.58. The molecule has 0 atom stereocenters. The maximum absolute atomic E-state index is 5.58. The lowest BCUT2D eigenvalue weighted by Gasteiger charge is -2.25. The van der Waals surface area contributed by atoms with Gasteiger partial charge in [-0.25, -0.2) is 0 Å². The molecule has 0 unspecified atom stereocenters. The Balaban J connectivity index is 3.27. The molecule has 0 aliphatic carbocycles. The number of benzene rings is 1.